The van der Waals surface area contributed by atoms with Crippen LogP contribution in [0.25, 0.3) is 0 Å². The van der Waals surface area contributed by atoms with Crippen molar-refractivity contribution < 1.29 is 17.6 Å². The third kappa shape index (κ3) is 5.30. The fourth-order valence-electron chi connectivity index (χ4n) is 2.75. The Bertz CT molecular complexity index is 1220. The Morgan fingerprint density at radius 3 is 2.50 bits per heavy atom. The molecule has 0 bridgehead atoms. The zero-order chi connectivity index (χ0) is 21.7. The van der Waals surface area contributed by atoms with Crippen molar-refractivity contribution in [2.24, 2.45) is 5.10 Å². The number of halogens is 1. The number of anilines is 1. The molecule has 0 aliphatic rings. The molecular weight excluding hydrogens is 405 g/mol. The van der Waals surface area contributed by atoms with Gasteiger partial charge in [-0.25, -0.2) is 18.2 Å². The van der Waals surface area contributed by atoms with Crippen LogP contribution in [0.3, 0.4) is 0 Å². The smallest absolute Gasteiger partial charge is 0.271 e. The van der Waals surface area contributed by atoms with Gasteiger partial charge in [-0.05, 0) is 61.4 Å². The number of hydrogen-bond acceptors (Lipinski definition) is 4. The lowest BCUT2D eigenvalue weighted by molar-refractivity contribution is 0.0955. The summed E-state index contributed by atoms with van der Waals surface area (Å²) in [7, 11) is -3.88. The van der Waals surface area contributed by atoms with Gasteiger partial charge in [-0.2, -0.15) is 5.10 Å². The quantitative estimate of drug-likeness (QED) is 0.462. The topological polar surface area (TPSA) is 87.6 Å². The summed E-state index contributed by atoms with van der Waals surface area (Å²) in [4.78, 5) is 12.3. The van der Waals surface area contributed by atoms with Crippen molar-refractivity contribution in [3.05, 3.63) is 94.8 Å². The van der Waals surface area contributed by atoms with Crippen LogP contribution in [0.2, 0.25) is 0 Å². The molecule has 3 aromatic carbocycles. The van der Waals surface area contributed by atoms with Crippen molar-refractivity contribution in [2.75, 3.05) is 4.72 Å². The molecule has 8 heteroatoms. The largest absolute Gasteiger partial charge is 0.279 e. The number of hydrogen-bond donors (Lipinski definition) is 2. The van der Waals surface area contributed by atoms with E-state index in [0.29, 0.717) is 11.3 Å². The molecule has 1 amide bonds. The van der Waals surface area contributed by atoms with Gasteiger partial charge in [0.2, 0.25) is 0 Å². The number of carbonyl (C=O) groups is 1. The molecule has 3 rings (SSSR count). The monoisotopic (exact) mass is 425 g/mol. The Labute approximate surface area is 174 Å². The molecule has 2 N–H and O–H groups in total. The highest BCUT2D eigenvalue weighted by atomic mass is 32.2. The molecule has 0 aromatic heterocycles. The highest BCUT2D eigenvalue weighted by Crippen LogP contribution is 2.21. The van der Waals surface area contributed by atoms with Crippen molar-refractivity contribution in [3.63, 3.8) is 0 Å². The summed E-state index contributed by atoms with van der Waals surface area (Å²) in [6.45, 7) is 3.73. The van der Waals surface area contributed by atoms with Crippen LogP contribution < -0.4 is 10.1 Å². The van der Waals surface area contributed by atoms with Gasteiger partial charge in [-0.15, -0.1) is 0 Å². The number of benzene rings is 3. The Balaban J connectivity index is 1.75. The maximum atomic E-state index is 13.2. The maximum absolute atomic E-state index is 13.2. The highest BCUT2D eigenvalue weighted by molar-refractivity contribution is 7.92. The van der Waals surface area contributed by atoms with E-state index in [1.54, 1.807) is 12.1 Å². The molecule has 0 aliphatic heterocycles. The molecule has 0 saturated carbocycles. The van der Waals surface area contributed by atoms with Crippen molar-refractivity contribution in [1.29, 1.82) is 0 Å². The Kier molecular flexibility index (Phi) is 6.27. The first-order chi connectivity index (χ1) is 14.2. The summed E-state index contributed by atoms with van der Waals surface area (Å²) in [5.74, 6) is -1.01. The molecule has 6 nitrogen and oxygen atoms in total. The fourth-order valence-corrected chi connectivity index (χ4v) is 3.93. The Hall–Kier alpha value is -3.52. The van der Waals surface area contributed by atoms with E-state index < -0.39 is 21.7 Å². The third-order valence-electron chi connectivity index (χ3n) is 4.26. The summed E-state index contributed by atoms with van der Waals surface area (Å²) in [6.07, 6.45) is 1.29. The van der Waals surface area contributed by atoms with Gasteiger partial charge in [0.15, 0.2) is 0 Å². The van der Waals surface area contributed by atoms with Crippen molar-refractivity contribution in [2.45, 2.75) is 18.7 Å². The van der Waals surface area contributed by atoms with E-state index in [1.165, 1.54) is 48.7 Å². The summed E-state index contributed by atoms with van der Waals surface area (Å²) < 4.78 is 41.2. The van der Waals surface area contributed by atoms with Crippen molar-refractivity contribution in [1.82, 2.24) is 5.43 Å². The minimum absolute atomic E-state index is 0.0516. The molecule has 0 spiro atoms. The van der Waals surface area contributed by atoms with Gasteiger partial charge in [0.05, 0.1) is 16.8 Å². The van der Waals surface area contributed by atoms with Crippen LogP contribution in [-0.2, 0) is 10.0 Å². The Morgan fingerprint density at radius 2 is 1.77 bits per heavy atom. The molecule has 0 aliphatic carbocycles. The summed E-state index contributed by atoms with van der Waals surface area (Å²) in [6, 6.07) is 16.7. The predicted octanol–water partition coefficient (Wildman–Crippen LogP) is 4.01. The Morgan fingerprint density at radius 1 is 1.00 bits per heavy atom. The van der Waals surface area contributed by atoms with Crippen LogP contribution in [0.1, 0.15) is 27.0 Å². The van der Waals surface area contributed by atoms with Crippen LogP contribution in [-0.4, -0.2) is 20.5 Å². The first kappa shape index (κ1) is 21.2. The second kappa shape index (κ2) is 8.87. The second-order valence-corrected chi connectivity index (χ2v) is 8.39. The minimum Gasteiger partial charge on any atom is -0.279 e. The van der Waals surface area contributed by atoms with Crippen molar-refractivity contribution >= 4 is 27.8 Å². The van der Waals surface area contributed by atoms with E-state index in [9.17, 15) is 17.6 Å². The van der Waals surface area contributed by atoms with E-state index in [2.05, 4.69) is 15.2 Å². The number of hydrazone groups is 1. The molecule has 0 heterocycles. The fraction of sp³-hybridized carbons (Fsp3) is 0.0909. The number of rotatable bonds is 6. The number of nitrogens with one attached hydrogen (secondary N) is 2. The van der Waals surface area contributed by atoms with Crippen LogP contribution in [0.5, 0.6) is 0 Å². The lowest BCUT2D eigenvalue weighted by Gasteiger charge is -2.12. The average Bonchev–Trinajstić information content (AvgIpc) is 2.70. The minimum atomic E-state index is -3.88. The number of aryl methyl sites for hydroxylation is 2. The van der Waals surface area contributed by atoms with E-state index in [-0.39, 0.29) is 10.5 Å². The maximum Gasteiger partial charge on any atom is 0.271 e. The van der Waals surface area contributed by atoms with Crippen LogP contribution in [0, 0.1) is 19.7 Å². The van der Waals surface area contributed by atoms with Crippen LogP contribution >= 0.6 is 0 Å². The normalized spacial score (nSPS) is 11.4. The summed E-state index contributed by atoms with van der Waals surface area (Å²) in [5.41, 5.74) is 5.18. The second-order valence-electron chi connectivity index (χ2n) is 6.71. The molecular formula is C22H20FN3O3S. The number of amides is 1. The van der Waals surface area contributed by atoms with Gasteiger partial charge in [-0.1, -0.05) is 35.9 Å². The first-order valence-corrected chi connectivity index (χ1v) is 10.5. The number of carbonyl (C=O) groups excluding carboxylic acids is 1. The van der Waals surface area contributed by atoms with Crippen LogP contribution in [0.15, 0.2) is 76.7 Å². The van der Waals surface area contributed by atoms with E-state index in [0.717, 1.165) is 11.1 Å². The zero-order valence-electron chi connectivity index (χ0n) is 16.4. The predicted molar refractivity (Wildman–Crippen MR) is 115 cm³/mol. The number of sulfonamides is 1. The van der Waals surface area contributed by atoms with Crippen LogP contribution in [0.4, 0.5) is 10.1 Å². The van der Waals surface area contributed by atoms with Gasteiger partial charge < -0.3 is 0 Å². The lowest BCUT2D eigenvalue weighted by atomic mass is 10.1. The SMILES string of the molecule is Cc1ccc(NS(=O)(=O)c2cccc(C(=O)NN=Cc3cccc(F)c3)c2)c(C)c1. The molecule has 0 unspecified atom stereocenters. The summed E-state index contributed by atoms with van der Waals surface area (Å²) in [5, 5.41) is 3.78. The average molecular weight is 425 g/mol. The summed E-state index contributed by atoms with van der Waals surface area (Å²) >= 11 is 0. The molecule has 0 saturated heterocycles. The van der Waals surface area contributed by atoms with E-state index in [4.69, 9.17) is 0 Å². The lowest BCUT2D eigenvalue weighted by Crippen LogP contribution is -2.19. The van der Waals surface area contributed by atoms with Gasteiger partial charge in [0.25, 0.3) is 15.9 Å². The van der Waals surface area contributed by atoms with Gasteiger partial charge in [0.1, 0.15) is 5.82 Å². The molecule has 154 valence electrons. The molecule has 30 heavy (non-hydrogen) atoms. The van der Waals surface area contributed by atoms with Gasteiger partial charge in [0, 0.05) is 5.56 Å². The van der Waals surface area contributed by atoms with E-state index >= 15 is 0 Å². The molecule has 3 aromatic rings. The molecule has 0 fully saturated rings. The first-order valence-electron chi connectivity index (χ1n) is 9.04. The third-order valence-corrected chi connectivity index (χ3v) is 5.62. The highest BCUT2D eigenvalue weighted by Gasteiger charge is 2.17. The van der Waals surface area contributed by atoms with Gasteiger partial charge in [-0.3, -0.25) is 9.52 Å². The van der Waals surface area contributed by atoms with Gasteiger partial charge >= 0.3 is 0 Å². The van der Waals surface area contributed by atoms with E-state index in [1.807, 2.05) is 26.0 Å². The number of nitrogens with zero attached hydrogens (tertiary/aromatic N) is 1. The molecule has 0 radical (unpaired) electrons. The zero-order valence-corrected chi connectivity index (χ0v) is 17.2. The molecule has 0 atom stereocenters. The van der Waals surface area contributed by atoms with Crippen molar-refractivity contribution in [3.8, 4) is 0 Å². The standard InChI is InChI=1S/C22H20FN3O3S/c1-15-9-10-21(16(2)11-15)26-30(28,29)20-8-4-6-18(13-20)22(27)25-24-14-17-5-3-7-19(23)12-17/h3-14,26H,1-2H3,(H,25,27).